The van der Waals surface area contributed by atoms with Gasteiger partial charge < -0.3 is 59.1 Å². The molecule has 0 aliphatic rings. The summed E-state index contributed by atoms with van der Waals surface area (Å²) in [5, 5.41) is 40.4. The quantitative estimate of drug-likeness (QED) is 0.0451. The molecule has 0 aliphatic carbocycles. The average molecular weight is 661 g/mol. The predicted octanol–water partition coefficient (Wildman–Crippen LogP) is -3.39. The van der Waals surface area contributed by atoms with Crippen molar-refractivity contribution in [1.29, 1.82) is 0 Å². The van der Waals surface area contributed by atoms with E-state index < -0.39 is 96.7 Å². The van der Waals surface area contributed by atoms with Crippen molar-refractivity contribution in [2.24, 2.45) is 23.1 Å². The Morgan fingerprint density at radius 2 is 1.20 bits per heavy atom. The van der Waals surface area contributed by atoms with Crippen molar-refractivity contribution in [3.05, 3.63) is 0 Å². The molecule has 0 heterocycles. The molecule has 0 fully saturated rings. The summed E-state index contributed by atoms with van der Waals surface area (Å²) >= 11 is 0. The second-order valence-corrected chi connectivity index (χ2v) is 11.3. The number of hydrogen-bond acceptors (Lipinski definition) is 11. The molecule has 0 aromatic heterocycles. The number of aliphatic carboxylic acids is 2. The van der Waals surface area contributed by atoms with Gasteiger partial charge in [0.1, 0.15) is 24.2 Å². The molecule has 0 aromatic rings. The molecule has 0 saturated heterocycles. The standard InChI is InChI=1S/C28H52N8O10/c1-15(2)22(28(45)46)35-20(38)14-32-25(42)19(10-11-21(39)40)33-26(43)18(9-5-7-13-30)34-27(44)23(16(3)37)36-24(41)17(31)8-4-6-12-29/h15-19,22-23,37H,4-14,29-31H2,1-3H3,(H,32,42)(H,33,43)(H,34,44)(H,35,38)(H,36,41)(H,39,40)(H,45,46)/t16-,17+,18+,19+,22+,23+/m1/s1. The number of carboxylic acids is 2. The molecule has 14 N–H and O–H groups in total. The zero-order chi connectivity index (χ0) is 35.4. The zero-order valence-electron chi connectivity index (χ0n) is 26.8. The Bertz CT molecular complexity index is 1030. The summed E-state index contributed by atoms with van der Waals surface area (Å²) in [6.07, 6.45) is 0.0746. The third kappa shape index (κ3) is 17.0. The van der Waals surface area contributed by atoms with E-state index in [2.05, 4.69) is 26.6 Å². The molecule has 0 bridgehead atoms. The lowest BCUT2D eigenvalue weighted by Crippen LogP contribution is -2.60. The molecule has 18 heteroatoms. The third-order valence-electron chi connectivity index (χ3n) is 6.90. The Morgan fingerprint density at radius 3 is 1.70 bits per heavy atom. The van der Waals surface area contributed by atoms with Gasteiger partial charge in [-0.1, -0.05) is 20.3 Å². The van der Waals surface area contributed by atoms with Gasteiger partial charge in [-0.25, -0.2) is 4.79 Å². The minimum Gasteiger partial charge on any atom is -0.481 e. The summed E-state index contributed by atoms with van der Waals surface area (Å²) in [5.41, 5.74) is 16.9. The number of rotatable bonds is 24. The van der Waals surface area contributed by atoms with Gasteiger partial charge in [-0.15, -0.1) is 0 Å². The van der Waals surface area contributed by atoms with Gasteiger partial charge in [-0.2, -0.15) is 0 Å². The predicted molar refractivity (Wildman–Crippen MR) is 166 cm³/mol. The molecular weight excluding hydrogens is 608 g/mol. The summed E-state index contributed by atoms with van der Waals surface area (Å²) in [6, 6.07) is -6.42. The van der Waals surface area contributed by atoms with Gasteiger partial charge in [-0.05, 0) is 64.5 Å². The first kappa shape index (κ1) is 42.1. The Labute approximate surface area is 268 Å². The van der Waals surface area contributed by atoms with E-state index in [0.29, 0.717) is 38.6 Å². The molecule has 0 aliphatic heterocycles. The first-order chi connectivity index (χ1) is 21.5. The van der Waals surface area contributed by atoms with Gasteiger partial charge in [-0.3, -0.25) is 28.8 Å². The number of aliphatic hydroxyl groups is 1. The van der Waals surface area contributed by atoms with E-state index in [1.54, 1.807) is 13.8 Å². The summed E-state index contributed by atoms with van der Waals surface area (Å²) in [4.78, 5) is 86.8. The Kier molecular flexibility index (Phi) is 20.7. The zero-order valence-corrected chi connectivity index (χ0v) is 26.8. The van der Waals surface area contributed by atoms with Crippen molar-refractivity contribution in [3.8, 4) is 0 Å². The first-order valence-corrected chi connectivity index (χ1v) is 15.3. The maximum atomic E-state index is 13.3. The molecule has 6 atom stereocenters. The van der Waals surface area contributed by atoms with Crippen LogP contribution in [0, 0.1) is 5.92 Å². The smallest absolute Gasteiger partial charge is 0.326 e. The largest absolute Gasteiger partial charge is 0.481 e. The lowest BCUT2D eigenvalue weighted by molar-refractivity contribution is -0.143. The van der Waals surface area contributed by atoms with Crippen LogP contribution in [0.25, 0.3) is 0 Å². The molecule has 0 rings (SSSR count). The number of nitrogens with two attached hydrogens (primary N) is 3. The summed E-state index contributed by atoms with van der Waals surface area (Å²) in [5.74, 6) is -7.22. The molecule has 0 saturated carbocycles. The minimum atomic E-state index is -1.48. The summed E-state index contributed by atoms with van der Waals surface area (Å²) < 4.78 is 0. The maximum Gasteiger partial charge on any atom is 0.326 e. The summed E-state index contributed by atoms with van der Waals surface area (Å²) in [6.45, 7) is 4.46. The van der Waals surface area contributed by atoms with E-state index in [-0.39, 0.29) is 19.4 Å². The van der Waals surface area contributed by atoms with Gasteiger partial charge in [0.05, 0.1) is 18.7 Å². The normalized spacial score (nSPS) is 15.0. The highest BCUT2D eigenvalue weighted by atomic mass is 16.4. The van der Waals surface area contributed by atoms with Gasteiger partial charge in [0.15, 0.2) is 0 Å². The van der Waals surface area contributed by atoms with Gasteiger partial charge in [0.25, 0.3) is 0 Å². The first-order valence-electron chi connectivity index (χ1n) is 15.3. The number of amides is 5. The van der Waals surface area contributed by atoms with Crippen molar-refractivity contribution in [1.82, 2.24) is 26.6 Å². The topological polar surface area (TPSA) is 318 Å². The molecule has 0 unspecified atom stereocenters. The second kappa shape index (κ2) is 22.6. The van der Waals surface area contributed by atoms with Crippen LogP contribution in [0.15, 0.2) is 0 Å². The third-order valence-corrected chi connectivity index (χ3v) is 6.90. The van der Waals surface area contributed by atoms with E-state index in [1.165, 1.54) is 6.92 Å². The minimum absolute atomic E-state index is 0.0370. The fourth-order valence-corrected chi connectivity index (χ4v) is 4.17. The highest BCUT2D eigenvalue weighted by molar-refractivity contribution is 5.96. The van der Waals surface area contributed by atoms with Crippen LogP contribution >= 0.6 is 0 Å². The Balaban J connectivity index is 5.74. The molecule has 264 valence electrons. The summed E-state index contributed by atoms with van der Waals surface area (Å²) in [7, 11) is 0. The van der Waals surface area contributed by atoms with Crippen LogP contribution in [0.1, 0.15) is 72.1 Å². The van der Waals surface area contributed by atoms with Crippen LogP contribution in [-0.4, -0.2) is 113 Å². The van der Waals surface area contributed by atoms with Crippen molar-refractivity contribution >= 4 is 41.5 Å². The van der Waals surface area contributed by atoms with Crippen LogP contribution in [0.2, 0.25) is 0 Å². The van der Waals surface area contributed by atoms with E-state index in [0.717, 1.165) is 0 Å². The average Bonchev–Trinajstić information content (AvgIpc) is 2.97. The van der Waals surface area contributed by atoms with E-state index in [9.17, 15) is 43.8 Å². The van der Waals surface area contributed by atoms with Gasteiger partial charge in [0, 0.05) is 6.42 Å². The number of carbonyl (C=O) groups excluding carboxylic acids is 5. The molecule has 18 nitrogen and oxygen atoms in total. The van der Waals surface area contributed by atoms with Crippen LogP contribution in [0.3, 0.4) is 0 Å². The number of aliphatic hydroxyl groups excluding tert-OH is 1. The number of carbonyl (C=O) groups is 7. The molecule has 0 aromatic carbocycles. The molecule has 0 radical (unpaired) electrons. The lowest BCUT2D eigenvalue weighted by atomic mass is 10.0. The van der Waals surface area contributed by atoms with E-state index >= 15 is 0 Å². The molecule has 5 amide bonds. The number of unbranched alkanes of at least 4 members (excludes halogenated alkanes) is 2. The fraction of sp³-hybridized carbons (Fsp3) is 0.750. The maximum absolute atomic E-state index is 13.3. The van der Waals surface area contributed by atoms with Crippen LogP contribution in [-0.2, 0) is 33.6 Å². The Hall–Kier alpha value is -3.87. The van der Waals surface area contributed by atoms with Crippen molar-refractivity contribution in [3.63, 3.8) is 0 Å². The SMILES string of the molecule is CC(C)[C@H](NC(=O)CNC(=O)[C@H](CCC(=O)O)NC(=O)[C@H](CCCCN)NC(=O)[C@@H](NC(=O)[C@@H](N)CCCCN)[C@@H](C)O)C(=O)O. The molecule has 0 spiro atoms. The Morgan fingerprint density at radius 1 is 0.652 bits per heavy atom. The van der Waals surface area contributed by atoms with E-state index in [1.807, 2.05) is 0 Å². The molecular formula is C28H52N8O10. The monoisotopic (exact) mass is 660 g/mol. The lowest BCUT2D eigenvalue weighted by Gasteiger charge is -2.27. The van der Waals surface area contributed by atoms with Crippen molar-refractivity contribution in [2.75, 3.05) is 19.6 Å². The number of carboxylic acid groups (broad SMARTS) is 2. The molecule has 46 heavy (non-hydrogen) atoms. The van der Waals surface area contributed by atoms with Gasteiger partial charge in [0.2, 0.25) is 29.5 Å². The van der Waals surface area contributed by atoms with Gasteiger partial charge >= 0.3 is 11.9 Å². The number of nitrogens with one attached hydrogen (secondary N) is 5. The number of hydrogen-bond donors (Lipinski definition) is 11. The van der Waals surface area contributed by atoms with Crippen LogP contribution in [0.5, 0.6) is 0 Å². The highest BCUT2D eigenvalue weighted by Crippen LogP contribution is 2.07. The van der Waals surface area contributed by atoms with E-state index in [4.69, 9.17) is 22.3 Å². The fourth-order valence-electron chi connectivity index (χ4n) is 4.17. The van der Waals surface area contributed by atoms with Crippen LogP contribution < -0.4 is 43.8 Å². The van der Waals surface area contributed by atoms with Crippen molar-refractivity contribution in [2.45, 2.75) is 108 Å². The second-order valence-electron chi connectivity index (χ2n) is 11.3. The highest BCUT2D eigenvalue weighted by Gasteiger charge is 2.33. The van der Waals surface area contributed by atoms with Crippen molar-refractivity contribution < 1.29 is 48.9 Å². The van der Waals surface area contributed by atoms with Crippen LogP contribution in [0.4, 0.5) is 0 Å².